The summed E-state index contributed by atoms with van der Waals surface area (Å²) in [7, 11) is 3.32. The zero-order chi connectivity index (χ0) is 17.6. The number of nitrogens with one attached hydrogen (secondary N) is 1. The highest BCUT2D eigenvalue weighted by molar-refractivity contribution is 8.76. The molecule has 0 radical (unpaired) electrons. The molecule has 22 heavy (non-hydrogen) atoms. The normalized spacial score (nSPS) is 10.4. The van der Waals surface area contributed by atoms with Crippen molar-refractivity contribution in [3.8, 4) is 0 Å². The fourth-order valence-electron chi connectivity index (χ4n) is 0.707. The fraction of sp³-hybridized carbons (Fsp3) is 0.700. The summed E-state index contributed by atoms with van der Waals surface area (Å²) in [5, 5.41) is 18.1. The molecule has 0 heterocycles. The second-order valence-electron chi connectivity index (χ2n) is 3.48. The van der Waals surface area contributed by atoms with Crippen LogP contribution in [0.4, 0.5) is 13.2 Å². The first-order chi connectivity index (χ1) is 10.1. The summed E-state index contributed by atoms with van der Waals surface area (Å²) < 4.78 is 31.7. The molecule has 0 rings (SSSR count). The molecule has 0 aliphatic carbocycles. The SMILES string of the molecule is NCCSSCCNC(=O)CCC(=O)O.O=C(O)C(F)(F)F. The summed E-state index contributed by atoms with van der Waals surface area (Å²) in [6, 6.07) is 0. The smallest absolute Gasteiger partial charge is 0.481 e. The van der Waals surface area contributed by atoms with E-state index in [0.717, 1.165) is 11.5 Å². The number of hydrogen-bond acceptors (Lipinski definition) is 6. The van der Waals surface area contributed by atoms with Gasteiger partial charge in [0.05, 0.1) is 6.42 Å². The third kappa shape index (κ3) is 18.9. The van der Waals surface area contributed by atoms with E-state index < -0.39 is 18.1 Å². The highest BCUT2D eigenvalue weighted by Gasteiger charge is 2.38. The topological polar surface area (TPSA) is 130 Å². The number of rotatable bonds is 9. The number of amides is 1. The van der Waals surface area contributed by atoms with Gasteiger partial charge in [-0.3, -0.25) is 9.59 Å². The Balaban J connectivity index is 0. The average Bonchev–Trinajstić information content (AvgIpc) is 2.40. The van der Waals surface area contributed by atoms with Crippen molar-refractivity contribution < 1.29 is 37.8 Å². The van der Waals surface area contributed by atoms with Crippen LogP contribution >= 0.6 is 21.6 Å². The molecule has 0 aromatic carbocycles. The van der Waals surface area contributed by atoms with E-state index in [1.54, 1.807) is 21.6 Å². The molecule has 5 N–H and O–H groups in total. The number of carboxylic acids is 2. The standard InChI is InChI=1S/C8H16N2O3S2.C2HF3O2/c9-3-5-14-15-6-4-10-7(11)1-2-8(12)13;3-2(4,5)1(6)7/h1-6,9H2,(H,10,11)(H,12,13);(H,6,7). The molecule has 0 atom stereocenters. The van der Waals surface area contributed by atoms with Crippen LogP contribution in [0.5, 0.6) is 0 Å². The molecule has 0 aliphatic rings. The zero-order valence-corrected chi connectivity index (χ0v) is 13.0. The van der Waals surface area contributed by atoms with Gasteiger partial charge in [-0.2, -0.15) is 13.2 Å². The molecular weight excluding hydrogens is 349 g/mol. The van der Waals surface area contributed by atoms with Crippen molar-refractivity contribution in [2.45, 2.75) is 19.0 Å². The van der Waals surface area contributed by atoms with Crippen molar-refractivity contribution in [1.29, 1.82) is 0 Å². The maximum Gasteiger partial charge on any atom is 0.490 e. The Morgan fingerprint density at radius 1 is 1.05 bits per heavy atom. The number of hydrogen-bond donors (Lipinski definition) is 4. The van der Waals surface area contributed by atoms with E-state index in [-0.39, 0.29) is 18.7 Å². The molecule has 12 heteroatoms. The average molecular weight is 366 g/mol. The van der Waals surface area contributed by atoms with Gasteiger partial charge in [0.15, 0.2) is 0 Å². The van der Waals surface area contributed by atoms with Crippen LogP contribution in [0.2, 0.25) is 0 Å². The van der Waals surface area contributed by atoms with Crippen molar-refractivity contribution in [2.75, 3.05) is 24.6 Å². The second-order valence-corrected chi connectivity index (χ2v) is 6.18. The number of carbonyl (C=O) groups excluding carboxylic acids is 1. The molecule has 0 aromatic heterocycles. The van der Waals surface area contributed by atoms with Gasteiger partial charge in [0.25, 0.3) is 0 Å². The monoisotopic (exact) mass is 366 g/mol. The lowest BCUT2D eigenvalue weighted by Gasteiger charge is -2.03. The quantitative estimate of drug-likeness (QED) is 0.350. The molecule has 130 valence electrons. The van der Waals surface area contributed by atoms with Gasteiger partial charge in [0.1, 0.15) is 0 Å². The first-order valence-corrected chi connectivity index (χ1v) is 8.33. The molecule has 0 bridgehead atoms. The Bertz CT molecular complexity index is 356. The van der Waals surface area contributed by atoms with E-state index in [0.29, 0.717) is 13.1 Å². The summed E-state index contributed by atoms with van der Waals surface area (Å²) in [6.45, 7) is 1.23. The minimum absolute atomic E-state index is 0.0515. The van der Waals surface area contributed by atoms with Crippen LogP contribution in [0.25, 0.3) is 0 Å². The van der Waals surface area contributed by atoms with Gasteiger partial charge < -0.3 is 21.3 Å². The minimum Gasteiger partial charge on any atom is -0.481 e. The molecule has 0 fully saturated rings. The van der Waals surface area contributed by atoms with Crippen LogP contribution in [0.15, 0.2) is 0 Å². The van der Waals surface area contributed by atoms with E-state index >= 15 is 0 Å². The maximum atomic E-state index is 11.0. The van der Waals surface area contributed by atoms with E-state index in [1.807, 2.05) is 0 Å². The highest BCUT2D eigenvalue weighted by atomic mass is 33.1. The van der Waals surface area contributed by atoms with Gasteiger partial charge in [-0.25, -0.2) is 4.79 Å². The number of halogens is 3. The molecule has 0 aromatic rings. The van der Waals surface area contributed by atoms with Gasteiger partial charge in [0, 0.05) is 31.0 Å². The summed E-state index contributed by atoms with van der Waals surface area (Å²) in [4.78, 5) is 30.1. The molecular formula is C10H17F3N2O5S2. The van der Waals surface area contributed by atoms with Crippen LogP contribution in [-0.4, -0.2) is 58.8 Å². The summed E-state index contributed by atoms with van der Waals surface area (Å²) >= 11 is 0. The van der Waals surface area contributed by atoms with Gasteiger partial charge in [-0.1, -0.05) is 21.6 Å². The first-order valence-electron chi connectivity index (χ1n) is 5.84. The van der Waals surface area contributed by atoms with Gasteiger partial charge in [0.2, 0.25) is 5.91 Å². The van der Waals surface area contributed by atoms with Crippen molar-refractivity contribution >= 4 is 39.4 Å². The Morgan fingerprint density at radius 3 is 1.95 bits per heavy atom. The molecule has 0 unspecified atom stereocenters. The predicted octanol–water partition coefficient (Wildman–Crippen LogP) is 0.941. The van der Waals surface area contributed by atoms with Crippen molar-refractivity contribution in [1.82, 2.24) is 5.32 Å². The molecule has 7 nitrogen and oxygen atoms in total. The lowest BCUT2D eigenvalue weighted by atomic mass is 10.3. The molecule has 0 saturated carbocycles. The Hall–Kier alpha value is -1.14. The minimum atomic E-state index is -5.08. The lowest BCUT2D eigenvalue weighted by molar-refractivity contribution is -0.192. The Kier molecular flexibility index (Phi) is 14.2. The van der Waals surface area contributed by atoms with Crippen LogP contribution in [-0.2, 0) is 14.4 Å². The fourth-order valence-corrected chi connectivity index (χ4v) is 2.47. The van der Waals surface area contributed by atoms with Crippen LogP contribution < -0.4 is 11.1 Å². The van der Waals surface area contributed by atoms with Crippen molar-refractivity contribution in [3.05, 3.63) is 0 Å². The number of carbonyl (C=O) groups is 3. The van der Waals surface area contributed by atoms with E-state index in [9.17, 15) is 22.8 Å². The molecule has 0 saturated heterocycles. The summed E-state index contributed by atoms with van der Waals surface area (Å²) in [5.74, 6) is -2.20. The van der Waals surface area contributed by atoms with E-state index in [2.05, 4.69) is 5.32 Å². The first kappa shape index (κ1) is 23.1. The van der Waals surface area contributed by atoms with Gasteiger partial charge in [-0.05, 0) is 0 Å². The Morgan fingerprint density at radius 2 is 1.55 bits per heavy atom. The van der Waals surface area contributed by atoms with Gasteiger partial charge >= 0.3 is 18.1 Å². The largest absolute Gasteiger partial charge is 0.490 e. The highest BCUT2D eigenvalue weighted by Crippen LogP contribution is 2.18. The predicted molar refractivity (Wildman–Crippen MR) is 77.5 cm³/mol. The molecule has 0 aliphatic heterocycles. The maximum absolute atomic E-state index is 11.0. The van der Waals surface area contributed by atoms with Crippen LogP contribution in [0.1, 0.15) is 12.8 Å². The third-order valence-electron chi connectivity index (χ3n) is 1.60. The second kappa shape index (κ2) is 13.5. The Labute approximate surface area is 132 Å². The summed E-state index contributed by atoms with van der Waals surface area (Å²) in [5.41, 5.74) is 5.30. The number of nitrogens with two attached hydrogens (primary N) is 1. The zero-order valence-electron chi connectivity index (χ0n) is 11.4. The lowest BCUT2D eigenvalue weighted by Crippen LogP contribution is -2.25. The number of alkyl halides is 3. The molecule has 1 amide bonds. The van der Waals surface area contributed by atoms with Crippen molar-refractivity contribution in [3.63, 3.8) is 0 Å². The number of aliphatic carboxylic acids is 2. The van der Waals surface area contributed by atoms with E-state index in [1.165, 1.54) is 0 Å². The number of carboxylic acid groups (broad SMARTS) is 2. The third-order valence-corrected chi connectivity index (χ3v) is 4.04. The van der Waals surface area contributed by atoms with Crippen molar-refractivity contribution in [2.24, 2.45) is 5.73 Å². The van der Waals surface area contributed by atoms with Crippen LogP contribution in [0.3, 0.4) is 0 Å². The summed E-state index contributed by atoms with van der Waals surface area (Å²) in [6.07, 6.45) is -5.14. The molecule has 0 spiro atoms. The van der Waals surface area contributed by atoms with Crippen LogP contribution in [0, 0.1) is 0 Å². The van der Waals surface area contributed by atoms with E-state index in [4.69, 9.17) is 20.7 Å². The van der Waals surface area contributed by atoms with Gasteiger partial charge in [-0.15, -0.1) is 0 Å².